The highest BCUT2D eigenvalue weighted by Gasteiger charge is 2.36. The quantitative estimate of drug-likeness (QED) is 0.525. The van der Waals surface area contributed by atoms with E-state index in [0.29, 0.717) is 26.9 Å². The van der Waals surface area contributed by atoms with E-state index in [1.165, 1.54) is 0 Å². The molecular formula is C25H23ClN2O4S. The van der Waals surface area contributed by atoms with Gasteiger partial charge in [0.15, 0.2) is 0 Å². The average molecular weight is 483 g/mol. The highest BCUT2D eigenvalue weighted by atomic mass is 35.5. The Morgan fingerprint density at radius 3 is 2.48 bits per heavy atom. The number of nitrogens with zero attached hydrogens (tertiary/aromatic N) is 1. The van der Waals surface area contributed by atoms with Crippen LogP contribution in [0.4, 0.5) is 0 Å². The number of carbonyl (C=O) groups is 2. The molecule has 1 heterocycles. The van der Waals surface area contributed by atoms with Crippen LogP contribution in [0.5, 0.6) is 0 Å². The SMILES string of the molecule is CCOC(=O)CSC1=C(C#N)C(c2ccccc2Cl)C(C(=O)OCc2ccccc2)=C(C)N1. The van der Waals surface area contributed by atoms with Crippen molar-refractivity contribution in [3.8, 4) is 6.07 Å². The van der Waals surface area contributed by atoms with Crippen LogP contribution >= 0.6 is 23.4 Å². The van der Waals surface area contributed by atoms with Crippen LogP contribution in [-0.2, 0) is 25.7 Å². The van der Waals surface area contributed by atoms with E-state index in [1.54, 1.807) is 38.1 Å². The third-order valence-electron chi connectivity index (χ3n) is 4.94. The van der Waals surface area contributed by atoms with Crippen LogP contribution in [0.2, 0.25) is 5.02 Å². The van der Waals surface area contributed by atoms with Gasteiger partial charge in [-0.2, -0.15) is 5.26 Å². The molecular weight excluding hydrogens is 460 g/mol. The average Bonchev–Trinajstić information content (AvgIpc) is 2.82. The van der Waals surface area contributed by atoms with Gasteiger partial charge >= 0.3 is 11.9 Å². The van der Waals surface area contributed by atoms with Crippen molar-refractivity contribution in [1.82, 2.24) is 5.32 Å². The van der Waals surface area contributed by atoms with Crippen LogP contribution in [0, 0.1) is 11.3 Å². The van der Waals surface area contributed by atoms with E-state index in [4.69, 9.17) is 21.1 Å². The Bertz CT molecular complexity index is 1140. The maximum atomic E-state index is 13.2. The molecule has 2 aromatic carbocycles. The summed E-state index contributed by atoms with van der Waals surface area (Å²) in [5.74, 6) is -1.65. The predicted octanol–water partition coefficient (Wildman–Crippen LogP) is 5.08. The minimum absolute atomic E-state index is 0.0255. The van der Waals surface area contributed by atoms with Gasteiger partial charge < -0.3 is 14.8 Å². The Balaban J connectivity index is 1.97. The Morgan fingerprint density at radius 1 is 1.12 bits per heavy atom. The molecule has 0 saturated carbocycles. The molecule has 0 fully saturated rings. The normalized spacial score (nSPS) is 15.5. The zero-order valence-corrected chi connectivity index (χ0v) is 19.8. The van der Waals surface area contributed by atoms with E-state index in [2.05, 4.69) is 11.4 Å². The fourth-order valence-corrected chi connectivity index (χ4v) is 4.59. The number of dihydropyridines is 1. The van der Waals surface area contributed by atoms with Gasteiger partial charge in [0.2, 0.25) is 0 Å². The summed E-state index contributed by atoms with van der Waals surface area (Å²) in [4.78, 5) is 25.1. The summed E-state index contributed by atoms with van der Waals surface area (Å²) in [6.07, 6.45) is 0. The topological polar surface area (TPSA) is 88.4 Å². The summed E-state index contributed by atoms with van der Waals surface area (Å²) < 4.78 is 10.6. The van der Waals surface area contributed by atoms with Gasteiger partial charge in [-0.3, -0.25) is 4.79 Å². The molecule has 0 spiro atoms. The number of hydrogen-bond acceptors (Lipinski definition) is 7. The number of hydrogen-bond donors (Lipinski definition) is 1. The van der Waals surface area contributed by atoms with Crippen molar-refractivity contribution in [1.29, 1.82) is 5.26 Å². The van der Waals surface area contributed by atoms with E-state index in [-0.39, 0.29) is 24.5 Å². The zero-order chi connectivity index (χ0) is 23.8. The maximum Gasteiger partial charge on any atom is 0.337 e. The molecule has 0 bridgehead atoms. The number of halogens is 1. The van der Waals surface area contributed by atoms with Crippen LogP contribution in [0.15, 0.2) is 76.5 Å². The lowest BCUT2D eigenvalue weighted by Gasteiger charge is -2.29. The number of benzene rings is 2. The third-order valence-corrected chi connectivity index (χ3v) is 6.27. The van der Waals surface area contributed by atoms with Crippen molar-refractivity contribution in [3.63, 3.8) is 0 Å². The Kier molecular flexibility index (Phi) is 8.58. The van der Waals surface area contributed by atoms with Gasteiger partial charge in [-0.15, -0.1) is 0 Å². The lowest BCUT2D eigenvalue weighted by atomic mass is 9.82. The number of thioether (sulfide) groups is 1. The number of nitriles is 1. The fourth-order valence-electron chi connectivity index (χ4n) is 3.45. The molecule has 1 aliphatic rings. The lowest BCUT2D eigenvalue weighted by molar-refractivity contribution is -0.141. The van der Waals surface area contributed by atoms with Crippen molar-refractivity contribution in [3.05, 3.63) is 92.6 Å². The van der Waals surface area contributed by atoms with Crippen molar-refractivity contribution < 1.29 is 19.1 Å². The van der Waals surface area contributed by atoms with Crippen LogP contribution in [0.25, 0.3) is 0 Å². The first-order chi connectivity index (χ1) is 16.0. The first kappa shape index (κ1) is 24.4. The first-order valence-electron chi connectivity index (χ1n) is 10.3. The summed E-state index contributed by atoms with van der Waals surface area (Å²) in [6, 6.07) is 18.6. The van der Waals surface area contributed by atoms with Gasteiger partial charge in [-0.25, -0.2) is 4.79 Å². The molecule has 170 valence electrons. The van der Waals surface area contributed by atoms with Crippen molar-refractivity contribution in [2.45, 2.75) is 26.4 Å². The van der Waals surface area contributed by atoms with Gasteiger partial charge in [0, 0.05) is 10.7 Å². The molecule has 0 aliphatic carbocycles. The van der Waals surface area contributed by atoms with Crippen LogP contribution in [-0.4, -0.2) is 24.3 Å². The predicted molar refractivity (Wildman–Crippen MR) is 128 cm³/mol. The number of esters is 2. The summed E-state index contributed by atoms with van der Waals surface area (Å²) in [5, 5.41) is 14.1. The summed E-state index contributed by atoms with van der Waals surface area (Å²) in [6.45, 7) is 3.84. The van der Waals surface area contributed by atoms with Gasteiger partial charge in [-0.05, 0) is 31.0 Å². The third kappa shape index (κ3) is 5.98. The molecule has 1 atom stereocenters. The standard InChI is InChI=1S/C25H23ClN2O4S/c1-3-31-21(29)15-33-24-19(13-27)23(18-11-7-8-12-20(18)26)22(16(2)28-24)25(30)32-14-17-9-5-4-6-10-17/h4-12,23,28H,3,14-15H2,1-2H3. The molecule has 1 aliphatic heterocycles. The number of ether oxygens (including phenoxy) is 2. The lowest BCUT2D eigenvalue weighted by Crippen LogP contribution is -2.29. The summed E-state index contributed by atoms with van der Waals surface area (Å²) in [7, 11) is 0. The highest BCUT2D eigenvalue weighted by molar-refractivity contribution is 8.03. The van der Waals surface area contributed by atoms with Crippen molar-refractivity contribution in [2.24, 2.45) is 0 Å². The van der Waals surface area contributed by atoms with Gasteiger partial charge in [0.05, 0.1) is 40.5 Å². The second-order valence-electron chi connectivity index (χ2n) is 7.13. The smallest absolute Gasteiger partial charge is 0.337 e. The number of carbonyl (C=O) groups excluding carboxylic acids is 2. The Labute approximate surface area is 202 Å². The van der Waals surface area contributed by atoms with Crippen molar-refractivity contribution in [2.75, 3.05) is 12.4 Å². The minimum Gasteiger partial charge on any atom is -0.465 e. The molecule has 0 aromatic heterocycles. The molecule has 0 saturated heterocycles. The largest absolute Gasteiger partial charge is 0.465 e. The Morgan fingerprint density at radius 2 is 1.82 bits per heavy atom. The van der Waals surface area contributed by atoms with Crippen LogP contribution < -0.4 is 5.32 Å². The second-order valence-corrected chi connectivity index (χ2v) is 8.52. The first-order valence-corrected chi connectivity index (χ1v) is 11.7. The zero-order valence-electron chi connectivity index (χ0n) is 18.3. The summed E-state index contributed by atoms with van der Waals surface area (Å²) in [5.41, 5.74) is 2.58. The van der Waals surface area contributed by atoms with E-state index < -0.39 is 17.9 Å². The molecule has 33 heavy (non-hydrogen) atoms. The fraction of sp³-hybridized carbons (Fsp3) is 0.240. The van der Waals surface area contributed by atoms with Gasteiger partial charge in [0.25, 0.3) is 0 Å². The van der Waals surface area contributed by atoms with Crippen LogP contribution in [0.3, 0.4) is 0 Å². The molecule has 0 amide bonds. The van der Waals surface area contributed by atoms with Crippen molar-refractivity contribution >= 4 is 35.3 Å². The summed E-state index contributed by atoms with van der Waals surface area (Å²) >= 11 is 7.63. The molecule has 1 N–H and O–H groups in total. The monoisotopic (exact) mass is 482 g/mol. The van der Waals surface area contributed by atoms with E-state index in [9.17, 15) is 14.9 Å². The van der Waals surface area contributed by atoms with Gasteiger partial charge in [0.1, 0.15) is 6.61 Å². The number of nitrogens with one attached hydrogen (secondary N) is 1. The van der Waals surface area contributed by atoms with E-state index in [1.807, 2.05) is 30.3 Å². The Hall–Kier alpha value is -3.21. The molecule has 3 rings (SSSR count). The molecule has 6 nitrogen and oxygen atoms in total. The number of allylic oxidation sites excluding steroid dienone is 2. The second kappa shape index (κ2) is 11.6. The maximum absolute atomic E-state index is 13.2. The molecule has 8 heteroatoms. The molecule has 1 unspecified atom stereocenters. The van der Waals surface area contributed by atoms with Gasteiger partial charge in [-0.1, -0.05) is 71.9 Å². The highest BCUT2D eigenvalue weighted by Crippen LogP contribution is 2.43. The minimum atomic E-state index is -0.738. The van der Waals surface area contributed by atoms with E-state index in [0.717, 1.165) is 17.3 Å². The molecule has 0 radical (unpaired) electrons. The van der Waals surface area contributed by atoms with Crippen LogP contribution in [0.1, 0.15) is 30.9 Å². The van der Waals surface area contributed by atoms with E-state index >= 15 is 0 Å². The number of rotatable bonds is 8. The molecule has 2 aromatic rings.